The van der Waals surface area contributed by atoms with Crippen LogP contribution in [0.5, 0.6) is 0 Å². The van der Waals surface area contributed by atoms with Crippen LogP contribution in [0.4, 0.5) is 4.39 Å². The van der Waals surface area contributed by atoms with Crippen molar-refractivity contribution in [1.82, 2.24) is 0 Å². The number of aliphatic hydroxyl groups is 1. The molecule has 6 heteroatoms. The molecule has 0 aliphatic carbocycles. The predicted molar refractivity (Wildman–Crippen MR) is 46.9 cm³/mol. The summed E-state index contributed by atoms with van der Waals surface area (Å²) in [5, 5.41) is 9.68. The highest BCUT2D eigenvalue weighted by molar-refractivity contribution is 4.92. The van der Waals surface area contributed by atoms with Crippen LogP contribution in [-0.4, -0.2) is 55.9 Å². The summed E-state index contributed by atoms with van der Waals surface area (Å²) < 4.78 is 34.0. The zero-order valence-electron chi connectivity index (χ0n) is 8.63. The van der Waals surface area contributed by atoms with Gasteiger partial charge in [-0.3, -0.25) is 0 Å². The Balaban J connectivity index is 2.07. The van der Waals surface area contributed by atoms with Crippen LogP contribution in [0.1, 0.15) is 6.92 Å². The van der Waals surface area contributed by atoms with Crippen molar-refractivity contribution in [2.45, 2.75) is 44.0 Å². The molecule has 0 radical (unpaired) electrons. The lowest BCUT2D eigenvalue weighted by Gasteiger charge is -2.44. The molecule has 0 amide bonds. The topological polar surface area (TPSA) is 57.2 Å². The van der Waals surface area contributed by atoms with Crippen LogP contribution >= 0.6 is 0 Å². The smallest absolute Gasteiger partial charge is 0.191 e. The second-order valence-corrected chi connectivity index (χ2v) is 3.72. The first-order valence-corrected chi connectivity index (χ1v) is 4.91. The maximum absolute atomic E-state index is 13.5. The second-order valence-electron chi connectivity index (χ2n) is 3.72. The Hall–Kier alpha value is -0.270. The largest absolute Gasteiger partial charge is 0.387 e. The number of rotatable bonds is 1. The molecule has 2 rings (SSSR count). The van der Waals surface area contributed by atoms with Gasteiger partial charge in [-0.2, -0.15) is 0 Å². The average molecular weight is 222 g/mol. The van der Waals surface area contributed by atoms with Gasteiger partial charge in [-0.15, -0.1) is 0 Å². The zero-order valence-corrected chi connectivity index (χ0v) is 8.63. The number of hydrogen-bond donors (Lipinski definition) is 1. The quantitative estimate of drug-likeness (QED) is 0.667. The molecular weight excluding hydrogens is 207 g/mol. The van der Waals surface area contributed by atoms with Crippen molar-refractivity contribution < 1.29 is 28.4 Å². The fourth-order valence-corrected chi connectivity index (χ4v) is 1.87. The summed E-state index contributed by atoms with van der Waals surface area (Å²) in [6.45, 7) is 1.97. The highest BCUT2D eigenvalue weighted by Crippen LogP contribution is 2.29. The molecule has 2 heterocycles. The molecule has 0 aromatic rings. The van der Waals surface area contributed by atoms with Gasteiger partial charge in [-0.25, -0.2) is 4.39 Å². The van der Waals surface area contributed by atoms with Gasteiger partial charge in [0.25, 0.3) is 0 Å². The van der Waals surface area contributed by atoms with Crippen LogP contribution in [0.3, 0.4) is 0 Å². The third-order valence-corrected chi connectivity index (χ3v) is 2.67. The van der Waals surface area contributed by atoms with E-state index in [1.807, 2.05) is 0 Å². The molecule has 0 aromatic heterocycles. The third kappa shape index (κ3) is 2.00. The summed E-state index contributed by atoms with van der Waals surface area (Å²) in [4.78, 5) is 0. The van der Waals surface area contributed by atoms with E-state index in [1.165, 1.54) is 7.11 Å². The van der Waals surface area contributed by atoms with Gasteiger partial charge >= 0.3 is 0 Å². The maximum Gasteiger partial charge on any atom is 0.191 e. The molecule has 2 aliphatic rings. The van der Waals surface area contributed by atoms with Crippen LogP contribution in [0.2, 0.25) is 0 Å². The molecule has 2 aliphatic heterocycles. The highest BCUT2D eigenvalue weighted by Gasteiger charge is 2.49. The molecule has 0 spiro atoms. The Labute approximate surface area is 87.1 Å². The maximum atomic E-state index is 13.5. The Kier molecular flexibility index (Phi) is 3.22. The summed E-state index contributed by atoms with van der Waals surface area (Å²) in [7, 11) is 1.33. The molecule has 0 aromatic carbocycles. The first-order chi connectivity index (χ1) is 7.13. The van der Waals surface area contributed by atoms with Crippen LogP contribution in [0.25, 0.3) is 0 Å². The highest BCUT2D eigenvalue weighted by atomic mass is 19.1. The van der Waals surface area contributed by atoms with E-state index < -0.39 is 37.1 Å². The Morgan fingerprint density at radius 1 is 1.40 bits per heavy atom. The van der Waals surface area contributed by atoms with Crippen molar-refractivity contribution in [1.29, 1.82) is 0 Å². The molecule has 15 heavy (non-hydrogen) atoms. The molecule has 2 saturated heterocycles. The number of fused-ring (bicyclic) bond motifs is 1. The summed E-state index contributed by atoms with van der Waals surface area (Å²) in [6.07, 6.45) is -5.50. The molecule has 0 saturated carbocycles. The number of alkyl halides is 1. The predicted octanol–water partition coefficient (Wildman–Crippen LogP) is -0.182. The van der Waals surface area contributed by atoms with Crippen molar-refractivity contribution in [2.75, 3.05) is 13.7 Å². The van der Waals surface area contributed by atoms with E-state index in [9.17, 15) is 9.50 Å². The molecule has 2 fully saturated rings. The van der Waals surface area contributed by atoms with Gasteiger partial charge in [-0.05, 0) is 6.92 Å². The van der Waals surface area contributed by atoms with Gasteiger partial charge in [0.15, 0.2) is 18.8 Å². The van der Waals surface area contributed by atoms with Crippen LogP contribution < -0.4 is 0 Å². The lowest BCUT2D eigenvalue weighted by atomic mass is 9.99. The van der Waals surface area contributed by atoms with Gasteiger partial charge in [0.2, 0.25) is 0 Å². The van der Waals surface area contributed by atoms with E-state index >= 15 is 0 Å². The molecule has 6 unspecified atom stereocenters. The summed E-state index contributed by atoms with van der Waals surface area (Å²) >= 11 is 0. The first-order valence-electron chi connectivity index (χ1n) is 4.91. The van der Waals surface area contributed by atoms with E-state index in [2.05, 4.69) is 0 Å². The van der Waals surface area contributed by atoms with Gasteiger partial charge in [-0.1, -0.05) is 0 Å². The minimum absolute atomic E-state index is 0.273. The first kappa shape index (κ1) is 11.2. The second kappa shape index (κ2) is 4.31. The zero-order chi connectivity index (χ0) is 11.0. The van der Waals surface area contributed by atoms with Gasteiger partial charge in [0.1, 0.15) is 18.3 Å². The molecule has 88 valence electrons. The fraction of sp³-hybridized carbons (Fsp3) is 1.00. The van der Waals surface area contributed by atoms with Crippen molar-refractivity contribution >= 4 is 0 Å². The van der Waals surface area contributed by atoms with Crippen LogP contribution in [0.15, 0.2) is 0 Å². The Morgan fingerprint density at radius 2 is 2.13 bits per heavy atom. The van der Waals surface area contributed by atoms with Gasteiger partial charge in [0.05, 0.1) is 6.61 Å². The van der Waals surface area contributed by atoms with E-state index in [0.29, 0.717) is 0 Å². The summed E-state index contributed by atoms with van der Waals surface area (Å²) in [6, 6.07) is 0. The molecule has 1 N–H and O–H groups in total. The SMILES string of the molecule is COC1OC2COC(C)OC2C(O)C1F. The minimum atomic E-state index is -1.60. The molecule has 5 nitrogen and oxygen atoms in total. The molecular formula is C9H15FO5. The standard InChI is InChI=1S/C9H15FO5/c1-4-13-3-5-8(14-4)7(11)6(10)9(12-2)15-5/h4-9,11H,3H2,1-2H3. The van der Waals surface area contributed by atoms with Gasteiger partial charge < -0.3 is 24.1 Å². The summed E-state index contributed by atoms with van der Waals surface area (Å²) in [5.74, 6) is 0. The van der Waals surface area contributed by atoms with Gasteiger partial charge in [0, 0.05) is 7.11 Å². The number of methoxy groups -OCH3 is 1. The molecule has 0 bridgehead atoms. The lowest BCUT2D eigenvalue weighted by Crippen LogP contribution is -2.61. The van der Waals surface area contributed by atoms with Crippen molar-refractivity contribution in [2.24, 2.45) is 0 Å². The Morgan fingerprint density at radius 3 is 2.80 bits per heavy atom. The molecule has 6 atom stereocenters. The fourth-order valence-electron chi connectivity index (χ4n) is 1.87. The lowest BCUT2D eigenvalue weighted by molar-refractivity contribution is -0.344. The van der Waals surface area contributed by atoms with Crippen molar-refractivity contribution in [3.05, 3.63) is 0 Å². The van der Waals surface area contributed by atoms with E-state index in [0.717, 1.165) is 0 Å². The van der Waals surface area contributed by atoms with E-state index in [1.54, 1.807) is 6.92 Å². The van der Waals surface area contributed by atoms with E-state index in [-0.39, 0.29) is 6.61 Å². The number of aliphatic hydroxyl groups excluding tert-OH is 1. The van der Waals surface area contributed by atoms with E-state index in [4.69, 9.17) is 18.9 Å². The van der Waals surface area contributed by atoms with Crippen LogP contribution in [-0.2, 0) is 18.9 Å². The summed E-state index contributed by atoms with van der Waals surface area (Å²) in [5.41, 5.74) is 0. The minimum Gasteiger partial charge on any atom is -0.387 e. The third-order valence-electron chi connectivity index (χ3n) is 2.67. The van der Waals surface area contributed by atoms with Crippen molar-refractivity contribution in [3.63, 3.8) is 0 Å². The average Bonchev–Trinajstić information content (AvgIpc) is 2.24. The van der Waals surface area contributed by atoms with Crippen LogP contribution in [0, 0.1) is 0 Å². The number of halogens is 1. The van der Waals surface area contributed by atoms with Crippen molar-refractivity contribution in [3.8, 4) is 0 Å². The number of ether oxygens (including phenoxy) is 4. The monoisotopic (exact) mass is 222 g/mol. The normalized spacial score (nSPS) is 51.2. The Bertz CT molecular complexity index is 225. The number of hydrogen-bond acceptors (Lipinski definition) is 5.